The van der Waals surface area contributed by atoms with E-state index in [2.05, 4.69) is 12.2 Å². The topological polar surface area (TPSA) is 58.6 Å². The van der Waals surface area contributed by atoms with Crippen LogP contribution in [-0.4, -0.2) is 43.5 Å². The molecule has 29 heavy (non-hydrogen) atoms. The van der Waals surface area contributed by atoms with Gasteiger partial charge in [-0.3, -0.25) is 9.59 Å². The lowest BCUT2D eigenvalue weighted by Gasteiger charge is -2.18. The van der Waals surface area contributed by atoms with E-state index < -0.39 is 0 Å². The van der Waals surface area contributed by atoms with Gasteiger partial charge in [0.1, 0.15) is 11.6 Å². The number of carbonyl (C=O) groups excluding carboxylic acids is 2. The Morgan fingerprint density at radius 3 is 2.62 bits per heavy atom. The van der Waals surface area contributed by atoms with E-state index in [-0.39, 0.29) is 29.5 Å². The Labute approximate surface area is 170 Å². The van der Waals surface area contributed by atoms with Gasteiger partial charge in [-0.25, -0.2) is 4.39 Å². The third kappa shape index (κ3) is 4.94. The molecular formula is C23H27FN2O3. The molecule has 2 unspecified atom stereocenters. The summed E-state index contributed by atoms with van der Waals surface area (Å²) in [5.74, 6) is -0.453. The van der Waals surface area contributed by atoms with Gasteiger partial charge in [0, 0.05) is 31.1 Å². The summed E-state index contributed by atoms with van der Waals surface area (Å²) < 4.78 is 18.6. The highest BCUT2D eigenvalue weighted by Gasteiger charge is 2.40. The summed E-state index contributed by atoms with van der Waals surface area (Å²) in [6.07, 6.45) is 1.90. The van der Waals surface area contributed by atoms with E-state index in [1.54, 1.807) is 48.4 Å². The molecule has 1 fully saturated rings. The van der Waals surface area contributed by atoms with Crippen molar-refractivity contribution in [3.05, 3.63) is 65.5 Å². The summed E-state index contributed by atoms with van der Waals surface area (Å²) in [5.41, 5.74) is 1.39. The fourth-order valence-corrected chi connectivity index (χ4v) is 3.74. The van der Waals surface area contributed by atoms with Gasteiger partial charge in [-0.1, -0.05) is 31.5 Å². The predicted molar refractivity (Wildman–Crippen MR) is 109 cm³/mol. The number of unbranched alkanes of at least 4 members (excludes halogenated alkanes) is 1. The van der Waals surface area contributed by atoms with E-state index in [1.165, 1.54) is 12.1 Å². The lowest BCUT2D eigenvalue weighted by atomic mass is 9.88. The molecule has 0 spiro atoms. The Hall–Kier alpha value is -2.89. The maximum Gasteiger partial charge on any atom is 0.254 e. The highest BCUT2D eigenvalue weighted by atomic mass is 19.1. The maximum atomic E-state index is 13.4. The monoisotopic (exact) mass is 398 g/mol. The molecule has 1 N–H and O–H groups in total. The van der Waals surface area contributed by atoms with Crippen molar-refractivity contribution in [2.75, 3.05) is 26.7 Å². The van der Waals surface area contributed by atoms with Crippen LogP contribution in [0.25, 0.3) is 0 Å². The molecule has 1 heterocycles. The van der Waals surface area contributed by atoms with Crippen molar-refractivity contribution in [2.24, 2.45) is 5.92 Å². The number of hydrogen-bond donors (Lipinski definition) is 1. The van der Waals surface area contributed by atoms with E-state index in [1.807, 2.05) is 0 Å². The summed E-state index contributed by atoms with van der Waals surface area (Å²) in [4.78, 5) is 27.6. The van der Waals surface area contributed by atoms with E-state index >= 15 is 0 Å². The fourth-order valence-electron chi connectivity index (χ4n) is 3.74. The molecule has 6 heteroatoms. The molecule has 0 bridgehead atoms. The summed E-state index contributed by atoms with van der Waals surface area (Å²) in [7, 11) is 1.56. The number of nitrogens with one attached hydrogen (secondary N) is 1. The standard InChI is InChI=1S/C23H27FN2O3/c1-3-4-12-25-22(27)21-15-26(14-20(21)16-8-10-18(24)11-9-16)23(28)17-6-5-7-19(13-17)29-2/h5-11,13,20-21H,3-4,12,14-15H2,1-2H3,(H,25,27). The first-order valence-electron chi connectivity index (χ1n) is 10.00. The number of hydrogen-bond acceptors (Lipinski definition) is 3. The van der Waals surface area contributed by atoms with Gasteiger partial charge in [-0.05, 0) is 42.3 Å². The molecule has 2 aromatic carbocycles. The van der Waals surface area contributed by atoms with Crippen LogP contribution in [0.4, 0.5) is 4.39 Å². The van der Waals surface area contributed by atoms with E-state index in [0.29, 0.717) is 30.9 Å². The van der Waals surface area contributed by atoms with Crippen molar-refractivity contribution >= 4 is 11.8 Å². The number of amides is 2. The van der Waals surface area contributed by atoms with Gasteiger partial charge in [-0.15, -0.1) is 0 Å². The minimum absolute atomic E-state index is 0.0614. The normalized spacial score (nSPS) is 18.5. The molecule has 2 amide bonds. The van der Waals surface area contributed by atoms with Crippen LogP contribution < -0.4 is 10.1 Å². The van der Waals surface area contributed by atoms with Crippen LogP contribution in [0.15, 0.2) is 48.5 Å². The maximum absolute atomic E-state index is 13.4. The third-order valence-corrected chi connectivity index (χ3v) is 5.39. The number of likely N-dealkylation sites (tertiary alicyclic amines) is 1. The summed E-state index contributed by atoms with van der Waals surface area (Å²) in [6.45, 7) is 3.42. The minimum atomic E-state index is -0.369. The van der Waals surface area contributed by atoms with Crippen molar-refractivity contribution in [2.45, 2.75) is 25.7 Å². The van der Waals surface area contributed by atoms with Gasteiger partial charge >= 0.3 is 0 Å². The van der Waals surface area contributed by atoms with Gasteiger partial charge in [0.05, 0.1) is 13.0 Å². The zero-order chi connectivity index (χ0) is 20.8. The lowest BCUT2D eigenvalue weighted by molar-refractivity contribution is -0.124. The number of halogens is 1. The first-order chi connectivity index (χ1) is 14.0. The van der Waals surface area contributed by atoms with E-state index in [4.69, 9.17) is 4.74 Å². The first-order valence-corrected chi connectivity index (χ1v) is 10.00. The van der Waals surface area contributed by atoms with Gasteiger partial charge in [0.2, 0.25) is 5.91 Å². The number of benzene rings is 2. The lowest BCUT2D eigenvalue weighted by Crippen LogP contribution is -2.36. The molecule has 0 radical (unpaired) electrons. The molecule has 0 aromatic heterocycles. The van der Waals surface area contributed by atoms with Crippen LogP contribution in [0.5, 0.6) is 5.75 Å². The Balaban J connectivity index is 1.82. The van der Waals surface area contributed by atoms with Crippen molar-refractivity contribution in [3.63, 3.8) is 0 Å². The van der Waals surface area contributed by atoms with E-state index in [9.17, 15) is 14.0 Å². The van der Waals surface area contributed by atoms with Crippen LogP contribution in [-0.2, 0) is 4.79 Å². The van der Waals surface area contributed by atoms with Crippen LogP contribution in [0.2, 0.25) is 0 Å². The van der Waals surface area contributed by atoms with Gasteiger partial charge < -0.3 is 15.0 Å². The molecule has 3 rings (SSSR count). The van der Waals surface area contributed by atoms with Crippen LogP contribution in [0, 0.1) is 11.7 Å². The van der Waals surface area contributed by atoms with Gasteiger partial charge in [0.25, 0.3) is 5.91 Å². The zero-order valence-electron chi connectivity index (χ0n) is 16.9. The number of nitrogens with zero attached hydrogens (tertiary/aromatic N) is 1. The van der Waals surface area contributed by atoms with Gasteiger partial charge in [0.15, 0.2) is 0 Å². The smallest absolute Gasteiger partial charge is 0.254 e. The van der Waals surface area contributed by atoms with Crippen LogP contribution in [0.3, 0.4) is 0 Å². The highest BCUT2D eigenvalue weighted by molar-refractivity contribution is 5.95. The molecule has 1 saturated heterocycles. The third-order valence-electron chi connectivity index (χ3n) is 5.39. The SMILES string of the molecule is CCCCNC(=O)C1CN(C(=O)c2cccc(OC)c2)CC1c1ccc(F)cc1. The predicted octanol–water partition coefficient (Wildman–Crippen LogP) is 3.61. The zero-order valence-corrected chi connectivity index (χ0v) is 16.9. The average molecular weight is 398 g/mol. The van der Waals surface area contributed by atoms with Crippen LogP contribution in [0.1, 0.15) is 41.6 Å². The van der Waals surface area contributed by atoms with Gasteiger partial charge in [-0.2, -0.15) is 0 Å². The summed E-state index contributed by atoms with van der Waals surface area (Å²) >= 11 is 0. The van der Waals surface area contributed by atoms with Crippen molar-refractivity contribution in [3.8, 4) is 5.75 Å². The second kappa shape index (κ2) is 9.54. The molecule has 0 saturated carbocycles. The Bertz CT molecular complexity index is 853. The number of ether oxygens (including phenoxy) is 1. The minimum Gasteiger partial charge on any atom is -0.497 e. The quantitative estimate of drug-likeness (QED) is 0.725. The molecular weight excluding hydrogens is 371 g/mol. The van der Waals surface area contributed by atoms with Crippen molar-refractivity contribution in [1.82, 2.24) is 10.2 Å². The Morgan fingerprint density at radius 2 is 1.93 bits per heavy atom. The number of methoxy groups -OCH3 is 1. The molecule has 5 nitrogen and oxygen atoms in total. The first kappa shape index (κ1) is 20.8. The van der Waals surface area contributed by atoms with Crippen molar-refractivity contribution in [1.29, 1.82) is 0 Å². The summed E-state index contributed by atoms with van der Waals surface area (Å²) in [5, 5.41) is 2.98. The Kier molecular flexibility index (Phi) is 6.86. The number of rotatable bonds is 7. The molecule has 154 valence electrons. The highest BCUT2D eigenvalue weighted by Crippen LogP contribution is 2.34. The average Bonchev–Trinajstić information content (AvgIpc) is 3.19. The Morgan fingerprint density at radius 1 is 1.17 bits per heavy atom. The largest absolute Gasteiger partial charge is 0.497 e. The molecule has 1 aliphatic heterocycles. The second-order valence-electron chi connectivity index (χ2n) is 7.35. The molecule has 1 aliphatic rings. The molecule has 2 aromatic rings. The van der Waals surface area contributed by atoms with E-state index in [0.717, 1.165) is 18.4 Å². The second-order valence-corrected chi connectivity index (χ2v) is 7.35. The molecule has 0 aliphatic carbocycles. The van der Waals surface area contributed by atoms with Crippen LogP contribution >= 0.6 is 0 Å². The number of carbonyl (C=O) groups is 2. The van der Waals surface area contributed by atoms with Crippen molar-refractivity contribution < 1.29 is 18.7 Å². The molecule has 2 atom stereocenters. The fraction of sp³-hybridized carbons (Fsp3) is 0.391. The summed E-state index contributed by atoms with van der Waals surface area (Å²) in [6, 6.07) is 13.2.